The van der Waals surface area contributed by atoms with Gasteiger partial charge in [0.05, 0.1) is 0 Å². The van der Waals surface area contributed by atoms with Gasteiger partial charge in [-0.3, -0.25) is 0 Å². The highest BCUT2D eigenvalue weighted by Crippen LogP contribution is 2.24. The Labute approximate surface area is 88.8 Å². The normalized spacial score (nSPS) is 21.9. The maximum Gasteiger partial charge on any atom is 0.0226 e. The number of rotatable bonds is 3. The van der Waals surface area contributed by atoms with Crippen LogP contribution >= 0.6 is 0 Å². The number of likely N-dealkylation sites (tertiary alicyclic amines) is 1. The van der Waals surface area contributed by atoms with E-state index in [1.807, 2.05) is 0 Å². The van der Waals surface area contributed by atoms with E-state index in [0.29, 0.717) is 0 Å². The minimum absolute atomic E-state index is 0.0370. The van der Waals surface area contributed by atoms with E-state index in [0.717, 1.165) is 18.4 Å². The maximum atomic E-state index is 6.02. The zero-order chi connectivity index (χ0) is 10.8. The van der Waals surface area contributed by atoms with Crippen molar-refractivity contribution in [1.82, 2.24) is 4.90 Å². The molecule has 0 aromatic carbocycles. The van der Waals surface area contributed by atoms with E-state index in [9.17, 15) is 0 Å². The van der Waals surface area contributed by atoms with E-state index in [1.165, 1.54) is 25.9 Å². The lowest BCUT2D eigenvalue weighted by Gasteiger charge is -2.37. The van der Waals surface area contributed by atoms with E-state index in [-0.39, 0.29) is 5.54 Å². The average Bonchev–Trinajstić information content (AvgIpc) is 2.02. The summed E-state index contributed by atoms with van der Waals surface area (Å²) in [5.41, 5.74) is 5.98. The molecular weight excluding hydrogens is 172 g/mol. The Morgan fingerprint density at radius 2 is 1.79 bits per heavy atom. The Morgan fingerprint density at radius 1 is 1.29 bits per heavy atom. The first kappa shape index (κ1) is 12.0. The van der Waals surface area contributed by atoms with Crippen molar-refractivity contribution in [3.8, 4) is 0 Å². The zero-order valence-corrected chi connectivity index (χ0v) is 10.2. The third-order valence-electron chi connectivity index (χ3n) is 3.21. The molecule has 0 aromatic heterocycles. The van der Waals surface area contributed by atoms with Gasteiger partial charge in [-0.15, -0.1) is 0 Å². The molecule has 0 aromatic rings. The van der Waals surface area contributed by atoms with Gasteiger partial charge in [0.2, 0.25) is 0 Å². The molecule has 0 unspecified atom stereocenters. The molecule has 0 amide bonds. The number of piperidine rings is 1. The summed E-state index contributed by atoms with van der Waals surface area (Å²) in [5.74, 6) is 1.79. The van der Waals surface area contributed by atoms with Crippen molar-refractivity contribution in [3.63, 3.8) is 0 Å². The van der Waals surface area contributed by atoms with E-state index in [2.05, 4.69) is 32.6 Å². The Hall–Kier alpha value is -0.0800. The van der Waals surface area contributed by atoms with Gasteiger partial charge < -0.3 is 10.6 Å². The highest BCUT2D eigenvalue weighted by Gasteiger charge is 2.24. The van der Waals surface area contributed by atoms with Crippen LogP contribution in [-0.2, 0) is 0 Å². The summed E-state index contributed by atoms with van der Waals surface area (Å²) in [4.78, 5) is 2.51. The van der Waals surface area contributed by atoms with Crippen molar-refractivity contribution in [2.75, 3.05) is 19.6 Å². The molecule has 2 N–H and O–H groups in total. The van der Waals surface area contributed by atoms with E-state index < -0.39 is 0 Å². The van der Waals surface area contributed by atoms with Crippen molar-refractivity contribution >= 4 is 0 Å². The van der Waals surface area contributed by atoms with Gasteiger partial charge in [-0.1, -0.05) is 13.8 Å². The predicted octanol–water partition coefficient (Wildman–Crippen LogP) is 2.09. The van der Waals surface area contributed by atoms with Crippen LogP contribution in [0.4, 0.5) is 0 Å². The molecule has 14 heavy (non-hydrogen) atoms. The summed E-state index contributed by atoms with van der Waals surface area (Å²) < 4.78 is 0. The van der Waals surface area contributed by atoms with Crippen LogP contribution in [0.25, 0.3) is 0 Å². The van der Waals surface area contributed by atoms with Crippen LogP contribution < -0.4 is 5.73 Å². The summed E-state index contributed by atoms with van der Waals surface area (Å²) in [6.07, 6.45) is 2.71. The summed E-state index contributed by atoms with van der Waals surface area (Å²) in [6, 6.07) is 0. The van der Waals surface area contributed by atoms with Crippen LogP contribution in [-0.4, -0.2) is 30.1 Å². The molecule has 1 aliphatic heterocycles. The standard InChI is InChI=1S/C12H26N2/c1-10(2)11-5-7-14(8-6-11)9-12(3,4)13/h10-11H,5-9,13H2,1-4H3. The lowest BCUT2D eigenvalue weighted by atomic mass is 9.86. The summed E-state index contributed by atoms with van der Waals surface area (Å²) in [5, 5.41) is 0. The fraction of sp³-hybridized carbons (Fsp3) is 1.00. The van der Waals surface area contributed by atoms with Crippen LogP contribution in [0.2, 0.25) is 0 Å². The van der Waals surface area contributed by atoms with Gasteiger partial charge in [-0.25, -0.2) is 0 Å². The quantitative estimate of drug-likeness (QED) is 0.752. The van der Waals surface area contributed by atoms with Crippen molar-refractivity contribution < 1.29 is 0 Å². The molecule has 0 aliphatic carbocycles. The fourth-order valence-electron chi connectivity index (χ4n) is 2.35. The summed E-state index contributed by atoms with van der Waals surface area (Å²) in [6.45, 7) is 12.4. The third kappa shape index (κ3) is 3.97. The van der Waals surface area contributed by atoms with Gasteiger partial charge >= 0.3 is 0 Å². The Morgan fingerprint density at radius 3 is 2.14 bits per heavy atom. The van der Waals surface area contributed by atoms with Gasteiger partial charge in [0, 0.05) is 12.1 Å². The molecule has 0 radical (unpaired) electrons. The Bertz CT molecular complexity index is 162. The molecule has 1 fully saturated rings. The molecule has 0 atom stereocenters. The second-order valence-corrected chi connectivity index (χ2v) is 5.85. The van der Waals surface area contributed by atoms with Crippen LogP contribution in [0.1, 0.15) is 40.5 Å². The lowest BCUT2D eigenvalue weighted by molar-refractivity contribution is 0.137. The first-order valence-electron chi connectivity index (χ1n) is 5.90. The van der Waals surface area contributed by atoms with Crippen molar-refractivity contribution in [2.24, 2.45) is 17.6 Å². The molecule has 1 aliphatic rings. The molecule has 2 nitrogen and oxygen atoms in total. The first-order chi connectivity index (χ1) is 6.38. The molecule has 1 heterocycles. The number of hydrogen-bond acceptors (Lipinski definition) is 2. The van der Waals surface area contributed by atoms with Crippen LogP contribution in [0, 0.1) is 11.8 Å². The van der Waals surface area contributed by atoms with Gasteiger partial charge in [0.15, 0.2) is 0 Å². The second kappa shape index (κ2) is 4.63. The number of nitrogens with zero attached hydrogens (tertiary/aromatic N) is 1. The number of nitrogens with two attached hydrogens (primary N) is 1. The van der Waals surface area contributed by atoms with Gasteiger partial charge in [0.1, 0.15) is 0 Å². The topological polar surface area (TPSA) is 29.3 Å². The molecule has 1 saturated heterocycles. The van der Waals surface area contributed by atoms with E-state index in [4.69, 9.17) is 5.73 Å². The van der Waals surface area contributed by atoms with Crippen molar-refractivity contribution in [1.29, 1.82) is 0 Å². The highest BCUT2D eigenvalue weighted by molar-refractivity contribution is 4.81. The van der Waals surface area contributed by atoms with Crippen molar-refractivity contribution in [2.45, 2.75) is 46.1 Å². The summed E-state index contributed by atoms with van der Waals surface area (Å²) in [7, 11) is 0. The minimum Gasteiger partial charge on any atom is -0.324 e. The number of hydrogen-bond donors (Lipinski definition) is 1. The molecular formula is C12H26N2. The monoisotopic (exact) mass is 198 g/mol. The van der Waals surface area contributed by atoms with Crippen LogP contribution in [0.3, 0.4) is 0 Å². The van der Waals surface area contributed by atoms with Gasteiger partial charge in [0.25, 0.3) is 0 Å². The maximum absolute atomic E-state index is 6.02. The zero-order valence-electron chi connectivity index (χ0n) is 10.2. The first-order valence-corrected chi connectivity index (χ1v) is 5.90. The molecule has 0 bridgehead atoms. The fourth-order valence-corrected chi connectivity index (χ4v) is 2.35. The van der Waals surface area contributed by atoms with Gasteiger partial charge in [-0.2, -0.15) is 0 Å². The third-order valence-corrected chi connectivity index (χ3v) is 3.21. The minimum atomic E-state index is -0.0370. The van der Waals surface area contributed by atoms with E-state index in [1.54, 1.807) is 0 Å². The predicted molar refractivity (Wildman–Crippen MR) is 62.3 cm³/mol. The van der Waals surface area contributed by atoms with Crippen LogP contribution in [0.15, 0.2) is 0 Å². The average molecular weight is 198 g/mol. The smallest absolute Gasteiger partial charge is 0.0226 e. The molecule has 1 rings (SSSR count). The Kier molecular flexibility index (Phi) is 3.96. The molecule has 0 spiro atoms. The second-order valence-electron chi connectivity index (χ2n) is 5.85. The SMILES string of the molecule is CC(C)C1CCN(CC(C)(C)N)CC1. The Balaban J connectivity index is 2.29. The van der Waals surface area contributed by atoms with Crippen LogP contribution in [0.5, 0.6) is 0 Å². The lowest BCUT2D eigenvalue weighted by Crippen LogP contribution is -2.48. The molecule has 2 heteroatoms. The molecule has 84 valence electrons. The van der Waals surface area contributed by atoms with E-state index >= 15 is 0 Å². The largest absolute Gasteiger partial charge is 0.324 e. The van der Waals surface area contributed by atoms with Gasteiger partial charge in [-0.05, 0) is 51.6 Å². The highest BCUT2D eigenvalue weighted by atomic mass is 15.1. The summed E-state index contributed by atoms with van der Waals surface area (Å²) >= 11 is 0. The molecule has 0 saturated carbocycles. The van der Waals surface area contributed by atoms with Crippen molar-refractivity contribution in [3.05, 3.63) is 0 Å².